The Labute approximate surface area is 130 Å². The van der Waals surface area contributed by atoms with E-state index in [1.54, 1.807) is 11.3 Å². The standard InChI is InChI=1S/C15H23N5S/c1-6-7-16-15-17-9(2)8-13(20-15)19-11(4)14-10(3)18-12(5)21-14/h8,11H,6-7H2,1-5H3,(H2,16,17,19,20). The second-order valence-corrected chi connectivity index (χ2v) is 6.43. The van der Waals surface area contributed by atoms with Gasteiger partial charge in [-0.2, -0.15) is 4.98 Å². The minimum atomic E-state index is 0.185. The molecule has 1 unspecified atom stereocenters. The lowest BCUT2D eigenvalue weighted by Crippen LogP contribution is -2.11. The summed E-state index contributed by atoms with van der Waals surface area (Å²) in [6.45, 7) is 11.2. The Kier molecular flexibility index (Phi) is 5.12. The fourth-order valence-corrected chi connectivity index (χ4v) is 3.12. The second kappa shape index (κ2) is 6.85. The van der Waals surface area contributed by atoms with Gasteiger partial charge in [-0.05, 0) is 34.1 Å². The molecule has 0 fully saturated rings. The Morgan fingerprint density at radius 1 is 1.19 bits per heavy atom. The SMILES string of the molecule is CCCNc1nc(C)cc(NC(C)c2sc(C)nc2C)n1. The quantitative estimate of drug-likeness (QED) is 0.848. The first-order valence-electron chi connectivity index (χ1n) is 7.29. The van der Waals surface area contributed by atoms with Gasteiger partial charge in [-0.3, -0.25) is 0 Å². The predicted molar refractivity (Wildman–Crippen MR) is 89.2 cm³/mol. The summed E-state index contributed by atoms with van der Waals surface area (Å²) in [7, 11) is 0. The van der Waals surface area contributed by atoms with Crippen LogP contribution in [0.15, 0.2) is 6.07 Å². The molecule has 0 amide bonds. The molecule has 0 saturated carbocycles. The fourth-order valence-electron chi connectivity index (χ4n) is 2.19. The predicted octanol–water partition coefficient (Wildman–Crippen LogP) is 3.85. The Morgan fingerprint density at radius 3 is 2.57 bits per heavy atom. The molecule has 0 aliphatic rings. The van der Waals surface area contributed by atoms with Crippen LogP contribution in [0.5, 0.6) is 0 Å². The topological polar surface area (TPSA) is 62.7 Å². The van der Waals surface area contributed by atoms with E-state index >= 15 is 0 Å². The Bertz CT molecular complexity index is 608. The zero-order chi connectivity index (χ0) is 15.4. The van der Waals surface area contributed by atoms with Crippen molar-refractivity contribution in [2.45, 2.75) is 47.1 Å². The molecule has 2 N–H and O–H groups in total. The maximum Gasteiger partial charge on any atom is 0.224 e. The average molecular weight is 305 g/mol. The van der Waals surface area contributed by atoms with Crippen molar-refractivity contribution in [3.05, 3.63) is 27.3 Å². The fraction of sp³-hybridized carbons (Fsp3) is 0.533. The van der Waals surface area contributed by atoms with E-state index in [9.17, 15) is 0 Å². The molecule has 2 aromatic heterocycles. The number of anilines is 2. The van der Waals surface area contributed by atoms with Gasteiger partial charge in [-0.15, -0.1) is 11.3 Å². The highest BCUT2D eigenvalue weighted by Gasteiger charge is 2.14. The first-order valence-corrected chi connectivity index (χ1v) is 8.11. The van der Waals surface area contributed by atoms with Gasteiger partial charge in [0.05, 0.1) is 16.7 Å². The van der Waals surface area contributed by atoms with Crippen molar-refractivity contribution in [2.75, 3.05) is 17.2 Å². The van der Waals surface area contributed by atoms with Gasteiger partial charge < -0.3 is 10.6 Å². The van der Waals surface area contributed by atoms with Crippen LogP contribution in [0.25, 0.3) is 0 Å². The van der Waals surface area contributed by atoms with E-state index in [-0.39, 0.29) is 6.04 Å². The first kappa shape index (κ1) is 15.7. The molecular formula is C15H23N5S. The number of hydrogen-bond acceptors (Lipinski definition) is 6. The summed E-state index contributed by atoms with van der Waals surface area (Å²) in [5.74, 6) is 1.53. The lowest BCUT2D eigenvalue weighted by Gasteiger charge is -2.15. The van der Waals surface area contributed by atoms with Gasteiger partial charge in [0.15, 0.2) is 0 Å². The first-order chi connectivity index (χ1) is 9.99. The molecule has 114 valence electrons. The molecule has 0 spiro atoms. The molecular weight excluding hydrogens is 282 g/mol. The molecule has 0 radical (unpaired) electrons. The van der Waals surface area contributed by atoms with Crippen LogP contribution < -0.4 is 10.6 Å². The molecule has 21 heavy (non-hydrogen) atoms. The summed E-state index contributed by atoms with van der Waals surface area (Å²) in [5, 5.41) is 7.78. The number of hydrogen-bond donors (Lipinski definition) is 2. The van der Waals surface area contributed by atoms with Crippen molar-refractivity contribution in [3.8, 4) is 0 Å². The third kappa shape index (κ3) is 4.14. The zero-order valence-corrected chi connectivity index (χ0v) is 14.1. The van der Waals surface area contributed by atoms with Crippen LogP contribution in [0.3, 0.4) is 0 Å². The van der Waals surface area contributed by atoms with E-state index in [4.69, 9.17) is 0 Å². The van der Waals surface area contributed by atoms with Crippen LogP contribution in [0, 0.1) is 20.8 Å². The molecule has 0 saturated heterocycles. The third-order valence-electron chi connectivity index (χ3n) is 3.08. The highest BCUT2D eigenvalue weighted by molar-refractivity contribution is 7.11. The van der Waals surface area contributed by atoms with Gasteiger partial charge in [-0.1, -0.05) is 6.92 Å². The molecule has 6 heteroatoms. The van der Waals surface area contributed by atoms with E-state index in [1.165, 1.54) is 4.88 Å². The molecule has 1 atom stereocenters. The van der Waals surface area contributed by atoms with Gasteiger partial charge in [-0.25, -0.2) is 9.97 Å². The summed E-state index contributed by atoms with van der Waals surface area (Å²) in [6.07, 6.45) is 1.05. The minimum Gasteiger partial charge on any atom is -0.362 e. The number of thiazole rings is 1. The van der Waals surface area contributed by atoms with Crippen LogP contribution >= 0.6 is 11.3 Å². The largest absolute Gasteiger partial charge is 0.362 e. The van der Waals surface area contributed by atoms with Crippen molar-refractivity contribution >= 4 is 23.1 Å². The van der Waals surface area contributed by atoms with Gasteiger partial charge >= 0.3 is 0 Å². The summed E-state index contributed by atoms with van der Waals surface area (Å²) in [4.78, 5) is 14.7. The summed E-state index contributed by atoms with van der Waals surface area (Å²) in [6, 6.07) is 2.15. The number of nitrogens with one attached hydrogen (secondary N) is 2. The van der Waals surface area contributed by atoms with Gasteiger partial charge in [0, 0.05) is 23.2 Å². The molecule has 0 aliphatic carbocycles. The molecule has 0 aliphatic heterocycles. The van der Waals surface area contributed by atoms with E-state index in [1.807, 2.05) is 19.9 Å². The van der Waals surface area contributed by atoms with Crippen LogP contribution in [0.4, 0.5) is 11.8 Å². The smallest absolute Gasteiger partial charge is 0.224 e. The molecule has 0 bridgehead atoms. The van der Waals surface area contributed by atoms with Crippen LogP contribution in [0.1, 0.15) is 47.6 Å². The van der Waals surface area contributed by atoms with Gasteiger partial charge in [0.1, 0.15) is 5.82 Å². The normalized spacial score (nSPS) is 12.2. The van der Waals surface area contributed by atoms with Crippen molar-refractivity contribution in [1.29, 1.82) is 0 Å². The molecule has 2 heterocycles. The Morgan fingerprint density at radius 2 is 1.95 bits per heavy atom. The van der Waals surface area contributed by atoms with E-state index < -0.39 is 0 Å². The summed E-state index contributed by atoms with van der Waals surface area (Å²) < 4.78 is 0. The lowest BCUT2D eigenvalue weighted by atomic mass is 10.2. The van der Waals surface area contributed by atoms with Gasteiger partial charge in [0.25, 0.3) is 0 Å². The Balaban J connectivity index is 2.14. The number of rotatable bonds is 6. The van der Waals surface area contributed by atoms with E-state index in [0.717, 1.165) is 35.2 Å². The number of aryl methyl sites for hydroxylation is 3. The monoisotopic (exact) mass is 305 g/mol. The highest BCUT2D eigenvalue weighted by atomic mass is 32.1. The summed E-state index contributed by atoms with van der Waals surface area (Å²) in [5.41, 5.74) is 2.04. The van der Waals surface area contributed by atoms with Gasteiger partial charge in [0.2, 0.25) is 5.95 Å². The second-order valence-electron chi connectivity index (χ2n) is 5.19. The van der Waals surface area contributed by atoms with Crippen LogP contribution in [0.2, 0.25) is 0 Å². The van der Waals surface area contributed by atoms with Crippen molar-refractivity contribution in [2.24, 2.45) is 0 Å². The van der Waals surface area contributed by atoms with Crippen LogP contribution in [-0.2, 0) is 0 Å². The molecule has 2 rings (SSSR count). The third-order valence-corrected chi connectivity index (χ3v) is 4.34. The molecule has 5 nitrogen and oxygen atoms in total. The van der Waals surface area contributed by atoms with Crippen molar-refractivity contribution < 1.29 is 0 Å². The number of nitrogens with zero attached hydrogens (tertiary/aromatic N) is 3. The zero-order valence-electron chi connectivity index (χ0n) is 13.3. The van der Waals surface area contributed by atoms with Crippen molar-refractivity contribution in [1.82, 2.24) is 15.0 Å². The van der Waals surface area contributed by atoms with Crippen molar-refractivity contribution in [3.63, 3.8) is 0 Å². The van der Waals surface area contributed by atoms with E-state index in [2.05, 4.69) is 46.4 Å². The number of aromatic nitrogens is 3. The summed E-state index contributed by atoms with van der Waals surface area (Å²) >= 11 is 1.73. The van der Waals surface area contributed by atoms with E-state index in [0.29, 0.717) is 5.95 Å². The van der Waals surface area contributed by atoms with Crippen LogP contribution in [-0.4, -0.2) is 21.5 Å². The minimum absolute atomic E-state index is 0.185. The lowest BCUT2D eigenvalue weighted by molar-refractivity contribution is 0.872. The molecule has 0 aromatic carbocycles. The highest BCUT2D eigenvalue weighted by Crippen LogP contribution is 2.27. The molecule has 2 aromatic rings. The average Bonchev–Trinajstić information content (AvgIpc) is 2.75. The Hall–Kier alpha value is -1.69. The maximum absolute atomic E-state index is 4.52. The maximum atomic E-state index is 4.52.